The molecule has 1 atom stereocenters. The number of nitrogens with zero attached hydrogens (tertiary/aromatic N) is 3. The van der Waals surface area contributed by atoms with E-state index in [1.54, 1.807) is 17.8 Å². The van der Waals surface area contributed by atoms with Crippen molar-refractivity contribution in [2.24, 2.45) is 13.0 Å². The topological polar surface area (TPSA) is 98.0 Å². The maximum Gasteiger partial charge on any atom is 0.257 e. The fraction of sp³-hybridized carbons (Fsp3) is 0.304. The summed E-state index contributed by atoms with van der Waals surface area (Å²) in [6, 6.07) is 7.57. The molecule has 1 saturated carbocycles. The minimum atomic E-state index is -3.96. The van der Waals surface area contributed by atoms with Gasteiger partial charge in [0.2, 0.25) is 0 Å². The third-order valence-corrected chi connectivity index (χ3v) is 7.37. The third kappa shape index (κ3) is 5.05. The fourth-order valence-corrected chi connectivity index (χ4v) is 4.96. The third-order valence-electron chi connectivity index (χ3n) is 5.62. The summed E-state index contributed by atoms with van der Waals surface area (Å²) in [7, 11) is -2.15. The van der Waals surface area contributed by atoms with Crippen molar-refractivity contribution < 1.29 is 13.2 Å². The van der Waals surface area contributed by atoms with Crippen molar-refractivity contribution in [3.63, 3.8) is 0 Å². The molecule has 2 N–H and O–H groups in total. The Bertz CT molecular complexity index is 1350. The van der Waals surface area contributed by atoms with Crippen LogP contribution in [0.3, 0.4) is 0 Å². The van der Waals surface area contributed by atoms with Crippen LogP contribution in [0.25, 0.3) is 22.8 Å². The second kappa shape index (κ2) is 9.17. The molecule has 1 unspecified atom stereocenters. The summed E-state index contributed by atoms with van der Waals surface area (Å²) in [4.78, 5) is 12.5. The van der Waals surface area contributed by atoms with Gasteiger partial charge < -0.3 is 4.57 Å². The van der Waals surface area contributed by atoms with Crippen molar-refractivity contribution in [3.8, 4) is 5.82 Å². The molecule has 1 aliphatic carbocycles. The predicted octanol–water partition coefficient (Wildman–Crippen LogP) is 3.30. The molecule has 174 valence electrons. The number of aryl methyl sites for hydroxylation is 2. The van der Waals surface area contributed by atoms with E-state index in [1.807, 2.05) is 42.0 Å². The standard InChI is InChI=1S/C23H26ClN5O3S/c1-4-22(25-14-16-5-6-16)33(31,32)27-21(30)10-9-19-15(2)26-28(3)23(19)29-12-11-17-7-8-18(24)13-20(17)29/h4,7-13,16,22,25H,1,5-6,14H2,2-3H3,(H,27,30)/b10-9+. The van der Waals surface area contributed by atoms with E-state index in [0.717, 1.165) is 29.6 Å². The molecule has 2 aromatic heterocycles. The number of hydrogen-bond donors (Lipinski definition) is 2. The molecule has 10 heteroatoms. The number of halogens is 1. The normalized spacial score (nSPS) is 15.2. The molecular weight excluding hydrogens is 462 g/mol. The molecule has 0 radical (unpaired) electrons. The van der Waals surface area contributed by atoms with Gasteiger partial charge in [-0.25, -0.2) is 13.1 Å². The van der Waals surface area contributed by atoms with Gasteiger partial charge in [-0.1, -0.05) is 23.7 Å². The molecule has 0 spiro atoms. The molecule has 2 heterocycles. The number of sulfonamides is 1. The molecule has 0 saturated heterocycles. The second-order valence-electron chi connectivity index (χ2n) is 8.19. The first-order chi connectivity index (χ1) is 15.7. The highest BCUT2D eigenvalue weighted by Gasteiger charge is 2.27. The molecule has 1 fully saturated rings. The molecule has 8 nitrogen and oxygen atoms in total. The number of benzene rings is 1. The zero-order chi connectivity index (χ0) is 23.8. The molecule has 0 bridgehead atoms. The first-order valence-electron chi connectivity index (χ1n) is 10.6. The highest BCUT2D eigenvalue weighted by Crippen LogP contribution is 2.28. The zero-order valence-electron chi connectivity index (χ0n) is 18.5. The van der Waals surface area contributed by atoms with E-state index >= 15 is 0 Å². The lowest BCUT2D eigenvalue weighted by Crippen LogP contribution is -2.44. The van der Waals surface area contributed by atoms with E-state index < -0.39 is 21.3 Å². The lowest BCUT2D eigenvalue weighted by Gasteiger charge is -2.15. The van der Waals surface area contributed by atoms with E-state index in [2.05, 4.69) is 21.7 Å². The second-order valence-corrected chi connectivity index (χ2v) is 10.4. The molecule has 4 rings (SSSR count). The lowest BCUT2D eigenvalue weighted by atomic mass is 10.2. The quantitative estimate of drug-likeness (QED) is 0.356. The number of carbonyl (C=O) groups excluding carboxylic acids is 1. The monoisotopic (exact) mass is 487 g/mol. The molecular formula is C23H26ClN5O3S. The van der Waals surface area contributed by atoms with E-state index in [1.165, 1.54) is 12.2 Å². The predicted molar refractivity (Wildman–Crippen MR) is 131 cm³/mol. The molecule has 1 aromatic carbocycles. The van der Waals surface area contributed by atoms with Crippen molar-refractivity contribution in [3.05, 3.63) is 65.5 Å². The Kier molecular flexibility index (Phi) is 6.47. The summed E-state index contributed by atoms with van der Waals surface area (Å²) in [5, 5.41) is 7.99. The van der Waals surface area contributed by atoms with Crippen LogP contribution in [0.1, 0.15) is 24.1 Å². The summed E-state index contributed by atoms with van der Waals surface area (Å²) in [5.74, 6) is 0.473. The van der Waals surface area contributed by atoms with Gasteiger partial charge in [0, 0.05) is 35.3 Å². The van der Waals surface area contributed by atoms with Crippen molar-refractivity contribution in [2.75, 3.05) is 6.54 Å². The van der Waals surface area contributed by atoms with Crippen LogP contribution < -0.4 is 10.0 Å². The average molecular weight is 488 g/mol. The molecule has 1 amide bonds. The van der Waals surface area contributed by atoms with Gasteiger partial charge in [0.05, 0.1) is 11.2 Å². The summed E-state index contributed by atoms with van der Waals surface area (Å²) >= 11 is 6.19. The van der Waals surface area contributed by atoms with Gasteiger partial charge in [0.25, 0.3) is 15.9 Å². The molecule has 3 aromatic rings. The largest absolute Gasteiger partial charge is 0.301 e. The maximum atomic E-state index is 12.6. The number of aromatic nitrogens is 3. The van der Waals surface area contributed by atoms with Crippen LogP contribution >= 0.6 is 11.6 Å². The van der Waals surface area contributed by atoms with E-state index in [4.69, 9.17) is 11.6 Å². The van der Waals surface area contributed by atoms with E-state index in [-0.39, 0.29) is 0 Å². The van der Waals surface area contributed by atoms with Crippen molar-refractivity contribution >= 4 is 44.5 Å². The number of hydrogen-bond acceptors (Lipinski definition) is 5. The Labute approximate surface area is 198 Å². The van der Waals surface area contributed by atoms with Crippen LogP contribution in [0.5, 0.6) is 0 Å². The van der Waals surface area contributed by atoms with Gasteiger partial charge in [-0.15, -0.1) is 6.58 Å². The number of fused-ring (bicyclic) bond motifs is 1. The summed E-state index contributed by atoms with van der Waals surface area (Å²) < 4.78 is 30.9. The first-order valence-corrected chi connectivity index (χ1v) is 12.5. The summed E-state index contributed by atoms with van der Waals surface area (Å²) in [6.07, 6.45) is 8.13. The van der Waals surface area contributed by atoms with Gasteiger partial charge in [-0.05, 0) is 56.5 Å². The number of nitrogens with one attached hydrogen (secondary N) is 2. The van der Waals surface area contributed by atoms with Gasteiger partial charge >= 0.3 is 0 Å². The Morgan fingerprint density at radius 1 is 1.36 bits per heavy atom. The Morgan fingerprint density at radius 2 is 2.12 bits per heavy atom. The van der Waals surface area contributed by atoms with Gasteiger partial charge in [0.15, 0.2) is 0 Å². The fourth-order valence-electron chi connectivity index (χ4n) is 3.75. The summed E-state index contributed by atoms with van der Waals surface area (Å²) in [6.45, 7) is 5.98. The smallest absolute Gasteiger partial charge is 0.257 e. The lowest BCUT2D eigenvalue weighted by molar-refractivity contribution is -0.114. The van der Waals surface area contributed by atoms with Crippen LogP contribution in [0.4, 0.5) is 0 Å². The number of carbonyl (C=O) groups is 1. The molecule has 1 aliphatic rings. The maximum absolute atomic E-state index is 12.6. The Morgan fingerprint density at radius 3 is 2.82 bits per heavy atom. The first kappa shape index (κ1) is 23.3. The molecule has 0 aliphatic heterocycles. The van der Waals surface area contributed by atoms with Gasteiger partial charge in [-0.3, -0.25) is 14.8 Å². The van der Waals surface area contributed by atoms with E-state index in [9.17, 15) is 13.2 Å². The minimum absolute atomic E-state index is 0.491. The van der Waals surface area contributed by atoms with Crippen molar-refractivity contribution in [1.29, 1.82) is 0 Å². The average Bonchev–Trinajstić information content (AvgIpc) is 3.42. The van der Waals surface area contributed by atoms with Crippen LogP contribution in [0, 0.1) is 12.8 Å². The van der Waals surface area contributed by atoms with Crippen LogP contribution in [0.15, 0.2) is 49.2 Å². The minimum Gasteiger partial charge on any atom is -0.301 e. The van der Waals surface area contributed by atoms with Gasteiger partial charge in [0.1, 0.15) is 11.2 Å². The zero-order valence-corrected chi connectivity index (χ0v) is 20.0. The SMILES string of the molecule is C=CC(NCC1CC1)S(=O)(=O)NC(=O)/C=C/c1c(C)nn(C)c1-n1ccc2ccc(Cl)cc21. The van der Waals surface area contributed by atoms with Gasteiger partial charge in [-0.2, -0.15) is 5.10 Å². The number of rotatable bonds is 9. The Hall–Kier alpha value is -2.88. The highest BCUT2D eigenvalue weighted by atomic mass is 35.5. The van der Waals surface area contributed by atoms with Crippen LogP contribution in [-0.4, -0.2) is 40.6 Å². The molecule has 33 heavy (non-hydrogen) atoms. The van der Waals surface area contributed by atoms with Crippen LogP contribution in [-0.2, 0) is 21.9 Å². The van der Waals surface area contributed by atoms with Crippen molar-refractivity contribution in [1.82, 2.24) is 24.4 Å². The van der Waals surface area contributed by atoms with Crippen molar-refractivity contribution in [2.45, 2.75) is 25.1 Å². The number of amides is 1. The summed E-state index contributed by atoms with van der Waals surface area (Å²) in [5.41, 5.74) is 2.27. The Balaban J connectivity index is 1.57. The van der Waals surface area contributed by atoms with Crippen LogP contribution in [0.2, 0.25) is 5.02 Å². The highest BCUT2D eigenvalue weighted by molar-refractivity contribution is 7.90. The van der Waals surface area contributed by atoms with E-state index in [0.29, 0.717) is 28.7 Å².